The van der Waals surface area contributed by atoms with Gasteiger partial charge in [-0.2, -0.15) is 0 Å². The second-order valence-corrected chi connectivity index (χ2v) is 8.32. The fourth-order valence-electron chi connectivity index (χ4n) is 4.06. The number of anilines is 1. The van der Waals surface area contributed by atoms with Crippen LogP contribution in [0.25, 0.3) is 11.1 Å². The van der Waals surface area contributed by atoms with Crippen molar-refractivity contribution in [2.75, 3.05) is 31.1 Å². The van der Waals surface area contributed by atoms with Crippen molar-refractivity contribution in [2.24, 2.45) is 0 Å². The fraction of sp³-hybridized carbons (Fsp3) is 0.308. The van der Waals surface area contributed by atoms with Crippen LogP contribution >= 0.6 is 0 Å². The highest BCUT2D eigenvalue weighted by molar-refractivity contribution is 5.94. The number of amides is 1. The summed E-state index contributed by atoms with van der Waals surface area (Å²) in [5, 5.41) is 0. The van der Waals surface area contributed by atoms with Crippen LogP contribution in [0.3, 0.4) is 0 Å². The van der Waals surface area contributed by atoms with Crippen molar-refractivity contribution in [1.29, 1.82) is 0 Å². The van der Waals surface area contributed by atoms with E-state index in [1.807, 2.05) is 30.0 Å². The second kappa shape index (κ2) is 9.90. The lowest BCUT2D eigenvalue weighted by Gasteiger charge is -2.35. The number of benzene rings is 1. The molecular formula is C26H27FN4O2. The Balaban J connectivity index is 1.34. The maximum Gasteiger partial charge on any atom is 0.219 e. The Morgan fingerprint density at radius 2 is 1.79 bits per heavy atom. The van der Waals surface area contributed by atoms with Gasteiger partial charge in [0.1, 0.15) is 11.5 Å². The van der Waals surface area contributed by atoms with Crippen LogP contribution in [0.5, 0.6) is 0 Å². The summed E-state index contributed by atoms with van der Waals surface area (Å²) in [7, 11) is 0. The molecule has 0 atom stereocenters. The first-order chi connectivity index (χ1) is 15.9. The predicted molar refractivity (Wildman–Crippen MR) is 126 cm³/mol. The van der Waals surface area contributed by atoms with Crippen LogP contribution < -0.4 is 4.90 Å². The van der Waals surface area contributed by atoms with Gasteiger partial charge in [-0.15, -0.1) is 0 Å². The number of rotatable bonds is 6. The second-order valence-electron chi connectivity index (χ2n) is 8.32. The van der Waals surface area contributed by atoms with Crippen LogP contribution in [0.15, 0.2) is 54.9 Å². The molecule has 33 heavy (non-hydrogen) atoms. The van der Waals surface area contributed by atoms with E-state index in [1.54, 1.807) is 37.5 Å². The molecule has 1 amide bonds. The van der Waals surface area contributed by atoms with Gasteiger partial charge in [0.25, 0.3) is 0 Å². The summed E-state index contributed by atoms with van der Waals surface area (Å²) >= 11 is 0. The third kappa shape index (κ3) is 5.42. The number of carbonyl (C=O) groups is 2. The molecule has 0 bridgehead atoms. The van der Waals surface area contributed by atoms with Gasteiger partial charge in [-0.3, -0.25) is 19.6 Å². The quantitative estimate of drug-likeness (QED) is 0.534. The Bertz CT molecular complexity index is 1160. The highest BCUT2D eigenvalue weighted by Crippen LogP contribution is 2.24. The average Bonchev–Trinajstić information content (AvgIpc) is 2.83. The van der Waals surface area contributed by atoms with Gasteiger partial charge in [-0.25, -0.2) is 4.39 Å². The first kappa shape index (κ1) is 22.6. The van der Waals surface area contributed by atoms with Crippen molar-refractivity contribution in [3.63, 3.8) is 0 Å². The van der Waals surface area contributed by atoms with Gasteiger partial charge < -0.3 is 9.80 Å². The van der Waals surface area contributed by atoms with E-state index in [0.717, 1.165) is 35.6 Å². The summed E-state index contributed by atoms with van der Waals surface area (Å²) in [6.07, 6.45) is 4.08. The van der Waals surface area contributed by atoms with Crippen molar-refractivity contribution >= 4 is 17.4 Å². The summed E-state index contributed by atoms with van der Waals surface area (Å²) in [6.45, 7) is 6.32. The summed E-state index contributed by atoms with van der Waals surface area (Å²) in [6, 6.07) is 12.4. The standard InChI is InChI=1S/C26H27FN4O2/c1-18-15-21(9-10-28-18)23-6-3-20(16-24(23)27)4-8-26(33)25-7-5-22(17-29-25)31-13-11-30(12-14-31)19(2)32/h3,5-7,9-10,15-17H,4,8,11-14H2,1-2H3. The zero-order chi connectivity index (χ0) is 23.4. The van der Waals surface area contributed by atoms with Gasteiger partial charge >= 0.3 is 0 Å². The Hall–Kier alpha value is -3.61. The van der Waals surface area contributed by atoms with Crippen LogP contribution in [-0.2, 0) is 11.2 Å². The predicted octanol–water partition coefficient (Wildman–Crippen LogP) is 4.08. The largest absolute Gasteiger partial charge is 0.367 e. The van der Waals surface area contributed by atoms with Crippen LogP contribution in [0.4, 0.5) is 10.1 Å². The number of piperazine rings is 1. The number of aryl methyl sites for hydroxylation is 2. The number of halogens is 1. The highest BCUT2D eigenvalue weighted by atomic mass is 19.1. The van der Waals surface area contributed by atoms with Gasteiger partial charge in [-0.1, -0.05) is 12.1 Å². The molecule has 2 aromatic heterocycles. The fourth-order valence-corrected chi connectivity index (χ4v) is 4.06. The van der Waals surface area contributed by atoms with E-state index in [1.165, 1.54) is 6.07 Å². The van der Waals surface area contributed by atoms with Crippen molar-refractivity contribution in [3.8, 4) is 11.1 Å². The van der Waals surface area contributed by atoms with Gasteiger partial charge in [0, 0.05) is 57.0 Å². The van der Waals surface area contributed by atoms with Gasteiger partial charge in [0.05, 0.1) is 11.9 Å². The molecular weight excluding hydrogens is 419 g/mol. The van der Waals surface area contributed by atoms with Gasteiger partial charge in [0.2, 0.25) is 5.91 Å². The number of nitrogens with zero attached hydrogens (tertiary/aromatic N) is 4. The minimum absolute atomic E-state index is 0.0720. The van der Waals surface area contributed by atoms with Crippen LogP contribution in [0.1, 0.15) is 35.1 Å². The lowest BCUT2D eigenvalue weighted by Crippen LogP contribution is -2.48. The number of ketones is 1. The average molecular weight is 447 g/mol. The molecule has 6 nitrogen and oxygen atoms in total. The Labute approximate surface area is 193 Å². The molecule has 0 radical (unpaired) electrons. The van der Waals surface area contributed by atoms with E-state index in [9.17, 15) is 14.0 Å². The third-order valence-corrected chi connectivity index (χ3v) is 6.01. The van der Waals surface area contributed by atoms with Gasteiger partial charge in [0.15, 0.2) is 5.78 Å². The number of Topliss-reactive ketones (excluding diaryl/α,β-unsaturated/α-hetero) is 1. The van der Waals surface area contributed by atoms with E-state index < -0.39 is 0 Å². The molecule has 3 aromatic rings. The summed E-state index contributed by atoms with van der Waals surface area (Å²) in [4.78, 5) is 36.6. The molecule has 7 heteroatoms. The summed E-state index contributed by atoms with van der Waals surface area (Å²) in [5.41, 5.74) is 4.27. The lowest BCUT2D eigenvalue weighted by molar-refractivity contribution is -0.129. The molecule has 1 aliphatic heterocycles. The molecule has 0 spiro atoms. The molecule has 0 saturated carbocycles. The number of hydrogen-bond acceptors (Lipinski definition) is 5. The van der Waals surface area contributed by atoms with E-state index in [-0.39, 0.29) is 23.9 Å². The number of carbonyl (C=O) groups excluding carboxylic acids is 2. The molecule has 4 rings (SSSR count). The first-order valence-electron chi connectivity index (χ1n) is 11.1. The molecule has 1 saturated heterocycles. The molecule has 0 N–H and O–H groups in total. The zero-order valence-corrected chi connectivity index (χ0v) is 18.9. The molecule has 1 aromatic carbocycles. The third-order valence-electron chi connectivity index (χ3n) is 6.01. The summed E-state index contributed by atoms with van der Waals surface area (Å²) in [5.74, 6) is -0.286. The van der Waals surface area contributed by atoms with E-state index in [4.69, 9.17) is 0 Å². The molecule has 1 aliphatic rings. The van der Waals surface area contributed by atoms with Crippen LogP contribution in [0, 0.1) is 12.7 Å². The van der Waals surface area contributed by atoms with Crippen molar-refractivity contribution in [2.45, 2.75) is 26.7 Å². The van der Waals surface area contributed by atoms with Gasteiger partial charge in [-0.05, 0) is 54.8 Å². The van der Waals surface area contributed by atoms with E-state index in [2.05, 4.69) is 14.9 Å². The minimum Gasteiger partial charge on any atom is -0.367 e. The molecule has 3 heterocycles. The lowest BCUT2D eigenvalue weighted by atomic mass is 10.0. The van der Waals surface area contributed by atoms with E-state index in [0.29, 0.717) is 30.8 Å². The number of hydrogen-bond donors (Lipinski definition) is 0. The summed E-state index contributed by atoms with van der Waals surface area (Å²) < 4.78 is 14.7. The zero-order valence-electron chi connectivity index (χ0n) is 18.9. The SMILES string of the molecule is CC(=O)N1CCN(c2ccc(C(=O)CCc3ccc(-c4ccnc(C)c4)c(F)c3)nc2)CC1. The van der Waals surface area contributed by atoms with Crippen LogP contribution in [-0.4, -0.2) is 52.7 Å². The number of pyridine rings is 2. The minimum atomic E-state index is -0.308. The smallest absolute Gasteiger partial charge is 0.219 e. The van der Waals surface area contributed by atoms with Crippen LogP contribution in [0.2, 0.25) is 0 Å². The Kier molecular flexibility index (Phi) is 6.77. The van der Waals surface area contributed by atoms with Crippen molar-refractivity contribution in [3.05, 3.63) is 77.6 Å². The molecule has 1 fully saturated rings. The maximum atomic E-state index is 14.7. The molecule has 170 valence electrons. The van der Waals surface area contributed by atoms with Crippen molar-refractivity contribution in [1.82, 2.24) is 14.9 Å². The Morgan fingerprint density at radius 1 is 1.00 bits per heavy atom. The highest BCUT2D eigenvalue weighted by Gasteiger charge is 2.19. The maximum absolute atomic E-state index is 14.7. The number of aromatic nitrogens is 2. The Morgan fingerprint density at radius 3 is 2.42 bits per heavy atom. The van der Waals surface area contributed by atoms with Crippen molar-refractivity contribution < 1.29 is 14.0 Å². The normalized spacial score (nSPS) is 13.8. The molecule has 0 aliphatic carbocycles. The van der Waals surface area contributed by atoms with E-state index >= 15 is 0 Å². The topological polar surface area (TPSA) is 66.4 Å². The first-order valence-corrected chi connectivity index (χ1v) is 11.1. The molecule has 0 unspecified atom stereocenters. The monoisotopic (exact) mass is 446 g/mol.